The van der Waals surface area contributed by atoms with E-state index in [1.807, 2.05) is 18.7 Å². The van der Waals surface area contributed by atoms with Crippen LogP contribution in [-0.2, 0) is 4.79 Å². The van der Waals surface area contributed by atoms with Crippen molar-refractivity contribution in [1.82, 2.24) is 9.80 Å². The second-order valence-corrected chi connectivity index (χ2v) is 5.38. The number of hydrogen-bond acceptors (Lipinski definition) is 3. The Balaban J connectivity index is 2.58. The number of urea groups is 1. The molecule has 1 atom stereocenters. The van der Waals surface area contributed by atoms with Gasteiger partial charge >= 0.3 is 12.0 Å². The number of hydrogen-bond donors (Lipinski definition) is 1. The molecule has 1 saturated heterocycles. The van der Waals surface area contributed by atoms with Crippen LogP contribution in [0.3, 0.4) is 0 Å². The number of carbonyl (C=O) groups is 2. The Hall–Kier alpha value is -0.910. The van der Waals surface area contributed by atoms with Gasteiger partial charge in [0.25, 0.3) is 0 Å². The Morgan fingerprint density at radius 1 is 1.47 bits per heavy atom. The molecule has 0 bridgehead atoms. The van der Waals surface area contributed by atoms with Gasteiger partial charge in [-0.2, -0.15) is 11.8 Å². The van der Waals surface area contributed by atoms with Crippen LogP contribution < -0.4 is 0 Å². The number of carboxylic acid groups (broad SMARTS) is 1. The molecule has 0 aromatic heterocycles. The van der Waals surface area contributed by atoms with E-state index in [1.54, 1.807) is 11.9 Å². The smallest absolute Gasteiger partial charge is 0.323 e. The van der Waals surface area contributed by atoms with E-state index in [4.69, 9.17) is 5.11 Å². The van der Waals surface area contributed by atoms with Crippen LogP contribution in [-0.4, -0.2) is 64.6 Å². The summed E-state index contributed by atoms with van der Waals surface area (Å²) in [6.45, 7) is 2.22. The molecular formula is C11H20N2O3S. The molecule has 17 heavy (non-hydrogen) atoms. The fourth-order valence-electron chi connectivity index (χ4n) is 1.88. The Labute approximate surface area is 106 Å². The summed E-state index contributed by atoms with van der Waals surface area (Å²) in [6.07, 6.45) is 1.77. The predicted molar refractivity (Wildman–Crippen MR) is 68.4 cm³/mol. The van der Waals surface area contributed by atoms with Gasteiger partial charge in [0.1, 0.15) is 6.54 Å². The van der Waals surface area contributed by atoms with Gasteiger partial charge in [0.05, 0.1) is 0 Å². The lowest BCUT2D eigenvalue weighted by Crippen LogP contribution is -2.48. The summed E-state index contributed by atoms with van der Waals surface area (Å²) in [5, 5.41) is 8.79. The van der Waals surface area contributed by atoms with Crippen molar-refractivity contribution in [1.29, 1.82) is 0 Å². The zero-order chi connectivity index (χ0) is 12.8. The van der Waals surface area contributed by atoms with Gasteiger partial charge in [0.15, 0.2) is 0 Å². The monoisotopic (exact) mass is 260 g/mol. The van der Waals surface area contributed by atoms with Gasteiger partial charge in [-0.05, 0) is 18.6 Å². The molecule has 0 saturated carbocycles. The first-order valence-corrected chi connectivity index (χ1v) is 7.03. The first-order chi connectivity index (χ1) is 8.06. The lowest BCUT2D eigenvalue weighted by Gasteiger charge is -2.30. The van der Waals surface area contributed by atoms with Crippen molar-refractivity contribution in [2.75, 3.05) is 31.6 Å². The zero-order valence-corrected chi connectivity index (χ0v) is 11.2. The molecule has 1 unspecified atom stereocenters. The van der Waals surface area contributed by atoms with Crippen LogP contribution >= 0.6 is 11.8 Å². The second kappa shape index (κ2) is 6.74. The van der Waals surface area contributed by atoms with Gasteiger partial charge in [-0.1, -0.05) is 6.92 Å². The molecule has 5 nitrogen and oxygen atoms in total. The molecule has 0 aromatic rings. The van der Waals surface area contributed by atoms with Gasteiger partial charge in [-0.3, -0.25) is 4.79 Å². The van der Waals surface area contributed by atoms with Crippen molar-refractivity contribution in [2.45, 2.75) is 25.8 Å². The summed E-state index contributed by atoms with van der Waals surface area (Å²) in [4.78, 5) is 26.0. The largest absolute Gasteiger partial charge is 0.480 e. The lowest BCUT2D eigenvalue weighted by molar-refractivity contribution is -0.137. The maximum atomic E-state index is 12.1. The molecule has 0 aromatic carbocycles. The summed E-state index contributed by atoms with van der Waals surface area (Å²) >= 11 is 1.84. The van der Waals surface area contributed by atoms with E-state index in [-0.39, 0.29) is 18.6 Å². The highest BCUT2D eigenvalue weighted by Gasteiger charge is 2.27. The molecule has 2 amide bonds. The highest BCUT2D eigenvalue weighted by atomic mass is 32.2. The third kappa shape index (κ3) is 4.11. The molecule has 1 fully saturated rings. The van der Waals surface area contributed by atoms with Crippen LogP contribution in [0.15, 0.2) is 0 Å². The normalized spacial score (nSPS) is 19.1. The average molecular weight is 260 g/mol. The molecule has 0 radical (unpaired) electrons. The minimum Gasteiger partial charge on any atom is -0.480 e. The molecular weight excluding hydrogens is 240 g/mol. The Morgan fingerprint density at radius 3 is 2.65 bits per heavy atom. The number of amides is 2. The van der Waals surface area contributed by atoms with Crippen molar-refractivity contribution in [2.24, 2.45) is 0 Å². The topological polar surface area (TPSA) is 60.9 Å². The van der Waals surface area contributed by atoms with Crippen LogP contribution in [0, 0.1) is 0 Å². The lowest BCUT2D eigenvalue weighted by atomic mass is 10.2. The minimum atomic E-state index is -0.957. The second-order valence-electron chi connectivity index (χ2n) is 4.23. The highest BCUT2D eigenvalue weighted by Crippen LogP contribution is 2.22. The fraction of sp³-hybridized carbons (Fsp3) is 0.818. The third-order valence-corrected chi connectivity index (χ3v) is 3.99. The fourth-order valence-corrected chi connectivity index (χ4v) is 3.15. The van der Waals surface area contributed by atoms with Gasteiger partial charge in [0, 0.05) is 25.4 Å². The number of carbonyl (C=O) groups excluding carboxylic acids is 1. The van der Waals surface area contributed by atoms with Gasteiger partial charge in [-0.15, -0.1) is 0 Å². The molecule has 1 aliphatic heterocycles. The van der Waals surface area contributed by atoms with Crippen LogP contribution in [0.25, 0.3) is 0 Å². The Bertz CT molecular complexity index is 280. The molecule has 1 aliphatic rings. The Kier molecular flexibility index (Phi) is 5.61. The Morgan fingerprint density at radius 2 is 2.18 bits per heavy atom. The maximum Gasteiger partial charge on any atom is 0.323 e. The van der Waals surface area contributed by atoms with E-state index in [0.29, 0.717) is 6.54 Å². The number of nitrogens with zero attached hydrogens (tertiary/aromatic N) is 2. The van der Waals surface area contributed by atoms with Crippen molar-refractivity contribution in [3.05, 3.63) is 0 Å². The third-order valence-electron chi connectivity index (χ3n) is 2.85. The van der Waals surface area contributed by atoms with Crippen molar-refractivity contribution < 1.29 is 14.7 Å². The van der Waals surface area contributed by atoms with E-state index in [0.717, 1.165) is 24.3 Å². The van der Waals surface area contributed by atoms with E-state index >= 15 is 0 Å². The summed E-state index contributed by atoms with van der Waals surface area (Å²) in [5.41, 5.74) is 0. The molecule has 1 heterocycles. The quantitative estimate of drug-likeness (QED) is 0.810. The number of carboxylic acids is 1. The van der Waals surface area contributed by atoms with Gasteiger partial charge < -0.3 is 14.9 Å². The molecule has 0 aliphatic carbocycles. The van der Waals surface area contributed by atoms with E-state index in [2.05, 4.69) is 0 Å². The molecule has 1 rings (SSSR count). The zero-order valence-electron chi connectivity index (χ0n) is 10.4. The summed E-state index contributed by atoms with van der Waals surface area (Å²) in [7, 11) is 1.77. The maximum absolute atomic E-state index is 12.1. The minimum absolute atomic E-state index is 0.165. The SMILES string of the molecule is CCCN(CC(=O)O)C(=O)N(C)C1CCSC1. The highest BCUT2D eigenvalue weighted by molar-refractivity contribution is 7.99. The summed E-state index contributed by atoms with van der Waals surface area (Å²) < 4.78 is 0. The first-order valence-electron chi connectivity index (χ1n) is 5.87. The first kappa shape index (κ1) is 14.2. The van der Waals surface area contributed by atoms with Gasteiger partial charge in [-0.25, -0.2) is 4.79 Å². The standard InChI is InChI=1S/C11H20N2O3S/c1-3-5-13(7-10(14)15)11(16)12(2)9-4-6-17-8-9/h9H,3-8H2,1-2H3,(H,14,15). The van der Waals surface area contributed by atoms with E-state index in [9.17, 15) is 9.59 Å². The average Bonchev–Trinajstić information content (AvgIpc) is 2.79. The van der Waals surface area contributed by atoms with Crippen LogP contribution in [0.5, 0.6) is 0 Å². The molecule has 0 spiro atoms. The van der Waals surface area contributed by atoms with E-state index < -0.39 is 5.97 Å². The molecule has 98 valence electrons. The van der Waals surface area contributed by atoms with Crippen molar-refractivity contribution in [3.8, 4) is 0 Å². The van der Waals surface area contributed by atoms with E-state index in [1.165, 1.54) is 4.90 Å². The molecule has 1 N–H and O–H groups in total. The summed E-state index contributed by atoms with van der Waals surface area (Å²) in [5.74, 6) is 1.07. The van der Waals surface area contributed by atoms with Crippen molar-refractivity contribution in [3.63, 3.8) is 0 Å². The van der Waals surface area contributed by atoms with Crippen molar-refractivity contribution >= 4 is 23.8 Å². The molecule has 6 heteroatoms. The van der Waals surface area contributed by atoms with Crippen LogP contribution in [0.1, 0.15) is 19.8 Å². The number of thioether (sulfide) groups is 1. The summed E-state index contributed by atoms with van der Waals surface area (Å²) in [6, 6.07) is 0.0856. The number of rotatable bonds is 5. The van der Waals surface area contributed by atoms with Crippen LogP contribution in [0.2, 0.25) is 0 Å². The van der Waals surface area contributed by atoms with Crippen LogP contribution in [0.4, 0.5) is 4.79 Å². The van der Waals surface area contributed by atoms with Gasteiger partial charge in [0.2, 0.25) is 0 Å². The predicted octanol–water partition coefficient (Wildman–Crippen LogP) is 1.34. The number of aliphatic carboxylic acids is 1.